The summed E-state index contributed by atoms with van der Waals surface area (Å²) in [6.07, 6.45) is 7.32. The molecule has 4 aliphatic rings. The van der Waals surface area contributed by atoms with Crippen LogP contribution in [-0.2, 0) is 14.2 Å². The van der Waals surface area contributed by atoms with Crippen molar-refractivity contribution in [3.05, 3.63) is 194 Å². The summed E-state index contributed by atoms with van der Waals surface area (Å²) in [5.74, 6) is -0.299. The lowest BCUT2D eigenvalue weighted by Crippen LogP contribution is -2.37. The second-order valence-electron chi connectivity index (χ2n) is 19.1. The Bertz CT molecular complexity index is 3710. The van der Waals surface area contributed by atoms with Crippen molar-refractivity contribution in [1.29, 1.82) is 0 Å². The molecule has 12 nitrogen and oxygen atoms in total. The van der Waals surface area contributed by atoms with E-state index in [-0.39, 0.29) is 6.61 Å². The predicted molar refractivity (Wildman–Crippen MR) is 279 cm³/mol. The lowest BCUT2D eigenvalue weighted by atomic mass is 10.0. The van der Waals surface area contributed by atoms with Gasteiger partial charge in [-0.05, 0) is 118 Å². The van der Waals surface area contributed by atoms with Crippen LogP contribution in [-0.4, -0.2) is 60.2 Å². The highest BCUT2D eigenvalue weighted by atomic mass is 16.8. The normalized spacial score (nSPS) is 18.8. The Morgan fingerprint density at radius 2 is 0.915 bits per heavy atom. The molecule has 4 aromatic carbocycles. The Kier molecular flexibility index (Phi) is 10.8. The summed E-state index contributed by atoms with van der Waals surface area (Å²) in [6, 6.07) is 43.6. The minimum absolute atomic E-state index is 0.121. The maximum absolute atomic E-state index is 12.8. The molecule has 8 heterocycles. The minimum Gasteiger partial charge on any atom is -0.491 e. The van der Waals surface area contributed by atoms with Crippen LogP contribution in [0.4, 0.5) is 0 Å². The molecule has 2 saturated heterocycles. The van der Waals surface area contributed by atoms with Crippen molar-refractivity contribution in [1.82, 2.24) is 29.5 Å². The molecule has 0 radical (unpaired) electrons. The smallest absolute Gasteiger partial charge is 0.330 e. The number of ether oxygens (including phenoxy) is 4. The van der Waals surface area contributed by atoms with Crippen LogP contribution in [0.15, 0.2) is 143 Å². The topological polar surface area (TPSA) is 149 Å². The largest absolute Gasteiger partial charge is 0.491 e. The highest BCUT2D eigenvalue weighted by molar-refractivity contribution is 5.99. The van der Waals surface area contributed by atoms with E-state index in [1.807, 2.05) is 38.1 Å². The summed E-state index contributed by atoms with van der Waals surface area (Å²) in [7, 11) is 0. The van der Waals surface area contributed by atoms with E-state index in [0.29, 0.717) is 5.75 Å². The molecule has 12 rings (SSSR count). The second kappa shape index (κ2) is 17.4. The van der Waals surface area contributed by atoms with E-state index in [0.717, 1.165) is 89.4 Å². The number of nitrogens with zero attached hydrogens (tertiary/aromatic N) is 3. The molecule has 12 heteroatoms. The third-order valence-corrected chi connectivity index (χ3v) is 13.6. The van der Waals surface area contributed by atoms with Crippen molar-refractivity contribution in [2.75, 3.05) is 6.61 Å². The molecule has 4 aliphatic heterocycles. The predicted octanol–water partition coefficient (Wildman–Crippen LogP) is 11.6. The average Bonchev–Trinajstić information content (AvgIpc) is 4.24. The molecule has 0 spiro atoms. The molecule has 8 bridgehead atoms. The van der Waals surface area contributed by atoms with Gasteiger partial charge >= 0.3 is 5.69 Å². The average molecular weight is 939 g/mol. The van der Waals surface area contributed by atoms with E-state index in [1.165, 1.54) is 33.5 Å². The molecule has 0 saturated carbocycles. The number of aryl methyl sites for hydroxylation is 3. The summed E-state index contributed by atoms with van der Waals surface area (Å²) >= 11 is 0. The molecular formula is C59H50N6O6. The molecule has 4 atom stereocenters. The summed E-state index contributed by atoms with van der Waals surface area (Å²) in [5, 5.41) is 0. The van der Waals surface area contributed by atoms with E-state index < -0.39 is 41.6 Å². The Labute approximate surface area is 409 Å². The van der Waals surface area contributed by atoms with Crippen LogP contribution in [0, 0.1) is 20.8 Å². The maximum atomic E-state index is 12.8. The van der Waals surface area contributed by atoms with E-state index in [9.17, 15) is 9.59 Å². The fourth-order valence-corrected chi connectivity index (χ4v) is 10.1. The number of fused-ring (bicyclic) bond motifs is 9. The molecule has 8 aromatic rings. The van der Waals surface area contributed by atoms with Gasteiger partial charge in [-0.1, -0.05) is 102 Å². The summed E-state index contributed by atoms with van der Waals surface area (Å²) < 4.78 is 26.6. The number of benzene rings is 4. The standard InChI is InChI=1S/C59H50N6O6/c1-33-6-12-36(13-7-33)51-41-22-24-43(60-41)52(37-14-8-34(2)9-15-37)45-26-28-47(62-45)54(48-29-27-46(63-48)53(44-25-23-42(51)61-44)38-16-10-35(3)11-17-38)39-18-20-40(21-19-39)68-32-49-55-56(71-59(4,5)70-55)57(69-49)65-31-30-50(66)64-58(65)67/h6-31,49,55-57,60,63H,32H2,1-5H3,(H,64,66,67)/t49-,55-,56-,57-/m1/s1. The fraction of sp³-hybridized carbons (Fsp3) is 0.186. The van der Waals surface area contributed by atoms with Gasteiger partial charge < -0.3 is 28.9 Å². The van der Waals surface area contributed by atoms with Crippen LogP contribution in [0.25, 0.3) is 90.9 Å². The lowest BCUT2D eigenvalue weighted by molar-refractivity contribution is -0.199. The van der Waals surface area contributed by atoms with Crippen molar-refractivity contribution in [3.8, 4) is 50.3 Å². The van der Waals surface area contributed by atoms with Crippen molar-refractivity contribution in [2.45, 2.75) is 64.9 Å². The van der Waals surface area contributed by atoms with Gasteiger partial charge in [0, 0.05) is 56.6 Å². The number of nitrogens with one attached hydrogen (secondary N) is 3. The van der Waals surface area contributed by atoms with Gasteiger partial charge in [-0.15, -0.1) is 0 Å². The van der Waals surface area contributed by atoms with Gasteiger partial charge in [0.1, 0.15) is 30.7 Å². The number of aromatic amines is 3. The molecular weight excluding hydrogens is 889 g/mol. The van der Waals surface area contributed by atoms with E-state index in [1.54, 1.807) is 0 Å². The number of hydrogen-bond donors (Lipinski definition) is 3. The molecule has 0 amide bonds. The zero-order chi connectivity index (χ0) is 48.5. The van der Waals surface area contributed by atoms with E-state index in [2.05, 4.69) is 157 Å². The Balaban J connectivity index is 1.01. The SMILES string of the molecule is Cc1ccc(-c2c3nc(c(-c4ccc(C)cc4)c4ccc([nH]4)c(-c4ccc(OC[C@H]5O[C@@H](n6ccc(=O)[nH]c6=O)[C@@H]6OC(C)(C)O[C@@H]65)cc4)c4nc(c(-c5ccc(C)cc5)c5ccc2[nH]5)C=C4)C=C3)cc1. The number of H-pyrrole nitrogens is 3. The molecule has 2 fully saturated rings. The molecule has 0 unspecified atom stereocenters. The summed E-state index contributed by atoms with van der Waals surface area (Å²) in [5.41, 5.74) is 17.3. The third kappa shape index (κ3) is 8.25. The van der Waals surface area contributed by atoms with Crippen LogP contribution >= 0.6 is 0 Å². The lowest BCUT2D eigenvalue weighted by Gasteiger charge is -2.24. The zero-order valence-electron chi connectivity index (χ0n) is 39.8. The number of aromatic nitrogens is 6. The molecule has 3 N–H and O–H groups in total. The van der Waals surface area contributed by atoms with E-state index in [4.69, 9.17) is 28.9 Å². The highest BCUT2D eigenvalue weighted by Crippen LogP contribution is 2.43. The first-order valence-corrected chi connectivity index (χ1v) is 23.8. The van der Waals surface area contributed by atoms with Crippen LogP contribution in [0.3, 0.4) is 0 Å². The van der Waals surface area contributed by atoms with Crippen molar-refractivity contribution in [3.63, 3.8) is 0 Å². The van der Waals surface area contributed by atoms with Crippen LogP contribution in [0.1, 0.15) is 59.5 Å². The van der Waals surface area contributed by atoms with Gasteiger partial charge in [0.25, 0.3) is 5.56 Å². The highest BCUT2D eigenvalue weighted by Gasteiger charge is 2.56. The zero-order valence-corrected chi connectivity index (χ0v) is 39.8. The van der Waals surface area contributed by atoms with Gasteiger partial charge in [-0.2, -0.15) is 0 Å². The Morgan fingerprint density at radius 3 is 1.32 bits per heavy atom. The Hall–Kier alpha value is -8.16. The molecule has 0 aliphatic carbocycles. The number of hydrogen-bond acceptors (Lipinski definition) is 8. The van der Waals surface area contributed by atoms with Crippen LogP contribution in [0.5, 0.6) is 5.75 Å². The van der Waals surface area contributed by atoms with E-state index >= 15 is 0 Å². The summed E-state index contributed by atoms with van der Waals surface area (Å²) in [4.78, 5) is 45.6. The quantitative estimate of drug-likeness (QED) is 0.136. The number of rotatable bonds is 8. The van der Waals surface area contributed by atoms with Crippen molar-refractivity contribution in [2.24, 2.45) is 0 Å². The maximum Gasteiger partial charge on any atom is 0.330 e. The van der Waals surface area contributed by atoms with Gasteiger partial charge in [0.15, 0.2) is 12.0 Å². The molecule has 4 aromatic heterocycles. The van der Waals surface area contributed by atoms with Gasteiger partial charge in [-0.25, -0.2) is 14.8 Å². The Morgan fingerprint density at radius 1 is 0.521 bits per heavy atom. The minimum atomic E-state index is -0.911. The second-order valence-corrected chi connectivity index (χ2v) is 19.1. The fourth-order valence-electron chi connectivity index (χ4n) is 10.1. The monoisotopic (exact) mass is 938 g/mol. The first-order chi connectivity index (χ1) is 34.4. The first kappa shape index (κ1) is 44.1. The van der Waals surface area contributed by atoms with Crippen LogP contribution < -0.4 is 16.0 Å². The third-order valence-electron chi connectivity index (χ3n) is 13.6. The van der Waals surface area contributed by atoms with Crippen molar-refractivity contribution < 1.29 is 18.9 Å². The van der Waals surface area contributed by atoms with Crippen LogP contribution in [0.2, 0.25) is 0 Å². The summed E-state index contributed by atoms with van der Waals surface area (Å²) in [6.45, 7) is 10.1. The molecule has 71 heavy (non-hydrogen) atoms. The van der Waals surface area contributed by atoms with Gasteiger partial charge in [-0.3, -0.25) is 14.3 Å². The van der Waals surface area contributed by atoms with Gasteiger partial charge in [0.05, 0.1) is 22.8 Å². The van der Waals surface area contributed by atoms with Crippen molar-refractivity contribution >= 4 is 46.4 Å². The first-order valence-electron chi connectivity index (χ1n) is 23.8. The molecule has 352 valence electrons. The van der Waals surface area contributed by atoms with Gasteiger partial charge in [0.2, 0.25) is 0 Å².